The Kier molecular flexibility index (Phi) is 7.07. The first-order valence-corrected chi connectivity index (χ1v) is 5.37. The number of rotatable bonds is 6. The highest BCUT2D eigenvalue weighted by Crippen LogP contribution is 2.05. The number of hydrogen-bond donors (Lipinski definition) is 3. The van der Waals surface area contributed by atoms with Crippen LogP contribution in [0.2, 0.25) is 0 Å². The van der Waals surface area contributed by atoms with E-state index < -0.39 is 11.7 Å². The lowest BCUT2D eigenvalue weighted by molar-refractivity contribution is 0.0498. The van der Waals surface area contributed by atoms with E-state index in [1.54, 1.807) is 0 Å². The molecule has 0 saturated heterocycles. The van der Waals surface area contributed by atoms with Gasteiger partial charge >= 0.3 is 6.09 Å². The van der Waals surface area contributed by atoms with Gasteiger partial charge in [0.25, 0.3) is 0 Å². The van der Waals surface area contributed by atoms with E-state index >= 15 is 0 Å². The second-order valence-electron chi connectivity index (χ2n) is 4.40. The van der Waals surface area contributed by atoms with E-state index in [1.807, 2.05) is 20.8 Å². The van der Waals surface area contributed by atoms with Crippen LogP contribution < -0.4 is 16.6 Å². The number of nitrogens with one attached hydrogen (secondary N) is 2. The van der Waals surface area contributed by atoms with E-state index in [-0.39, 0.29) is 0 Å². The van der Waals surface area contributed by atoms with Crippen molar-refractivity contribution in [3.05, 3.63) is 0 Å². The number of unbranched alkanes of at least 4 members (excludes halogenated alkanes) is 2. The first-order chi connectivity index (χ1) is 6.95. The summed E-state index contributed by atoms with van der Waals surface area (Å²) in [5.74, 6) is 0. The predicted octanol–water partition coefficient (Wildman–Crippen LogP) is 1.14. The Balaban J connectivity index is 3.32. The molecule has 0 bridgehead atoms. The molecule has 0 saturated carbocycles. The van der Waals surface area contributed by atoms with Gasteiger partial charge in [0.05, 0.1) is 0 Å². The normalized spacial score (nSPS) is 11.2. The molecule has 0 aromatic carbocycles. The predicted molar refractivity (Wildman–Crippen MR) is 60.3 cm³/mol. The summed E-state index contributed by atoms with van der Waals surface area (Å²) in [4.78, 5) is 11.1. The second-order valence-corrected chi connectivity index (χ2v) is 4.40. The highest BCUT2D eigenvalue weighted by atomic mass is 16.6. The van der Waals surface area contributed by atoms with Crippen LogP contribution in [0.1, 0.15) is 40.0 Å². The molecule has 0 aromatic heterocycles. The lowest BCUT2D eigenvalue weighted by atomic mass is 10.2. The molecule has 90 valence electrons. The summed E-state index contributed by atoms with van der Waals surface area (Å²) in [6.45, 7) is 6.94. The van der Waals surface area contributed by atoms with Gasteiger partial charge in [-0.15, -0.1) is 0 Å². The van der Waals surface area contributed by atoms with Crippen LogP contribution in [-0.2, 0) is 4.74 Å². The number of amides is 1. The first-order valence-electron chi connectivity index (χ1n) is 5.37. The van der Waals surface area contributed by atoms with Crippen LogP contribution in [0.15, 0.2) is 0 Å². The highest BCUT2D eigenvalue weighted by molar-refractivity contribution is 5.66. The van der Waals surface area contributed by atoms with E-state index in [4.69, 9.17) is 10.5 Å². The number of ether oxygens (including phenoxy) is 1. The standard InChI is InChI=1S/C10H23N3O2/c1-10(2,3)15-9(14)13-12-8-6-4-5-7-11/h12H,4-8,11H2,1-3H3,(H,13,14). The van der Waals surface area contributed by atoms with Crippen LogP contribution in [0.5, 0.6) is 0 Å². The number of carbonyl (C=O) groups excluding carboxylic acids is 1. The Morgan fingerprint density at radius 1 is 1.27 bits per heavy atom. The Bertz CT molecular complexity index is 178. The molecular formula is C10H23N3O2. The zero-order valence-corrected chi connectivity index (χ0v) is 9.93. The quantitative estimate of drug-likeness (QED) is 0.460. The molecule has 0 spiro atoms. The van der Waals surface area contributed by atoms with Gasteiger partial charge in [-0.1, -0.05) is 6.42 Å². The van der Waals surface area contributed by atoms with E-state index in [0.717, 1.165) is 32.4 Å². The highest BCUT2D eigenvalue weighted by Gasteiger charge is 2.15. The van der Waals surface area contributed by atoms with Crippen LogP contribution in [0.3, 0.4) is 0 Å². The summed E-state index contributed by atoms with van der Waals surface area (Å²) in [6, 6.07) is 0. The molecule has 1 amide bonds. The average Bonchev–Trinajstić information content (AvgIpc) is 2.08. The molecule has 0 rings (SSSR count). The third-order valence-electron chi connectivity index (χ3n) is 1.60. The molecule has 0 aromatic rings. The van der Waals surface area contributed by atoms with Crippen molar-refractivity contribution >= 4 is 6.09 Å². The fraction of sp³-hybridized carbons (Fsp3) is 0.900. The smallest absolute Gasteiger partial charge is 0.422 e. The maximum Gasteiger partial charge on any atom is 0.422 e. The van der Waals surface area contributed by atoms with Crippen molar-refractivity contribution in [2.75, 3.05) is 13.1 Å². The van der Waals surface area contributed by atoms with Crippen molar-refractivity contribution in [3.8, 4) is 0 Å². The van der Waals surface area contributed by atoms with E-state index in [1.165, 1.54) is 0 Å². The van der Waals surface area contributed by atoms with Crippen molar-refractivity contribution in [2.24, 2.45) is 5.73 Å². The van der Waals surface area contributed by atoms with Gasteiger partial charge in [-0.05, 0) is 40.2 Å². The maximum absolute atomic E-state index is 11.1. The van der Waals surface area contributed by atoms with Gasteiger partial charge in [0, 0.05) is 6.54 Å². The number of hydrogen-bond acceptors (Lipinski definition) is 4. The molecule has 0 radical (unpaired) electrons. The minimum absolute atomic E-state index is 0.443. The summed E-state index contributed by atoms with van der Waals surface area (Å²) >= 11 is 0. The molecule has 4 N–H and O–H groups in total. The van der Waals surface area contributed by atoms with Crippen LogP contribution in [0.4, 0.5) is 4.79 Å². The van der Waals surface area contributed by atoms with Crippen LogP contribution in [0, 0.1) is 0 Å². The maximum atomic E-state index is 11.1. The summed E-state index contributed by atoms with van der Waals surface area (Å²) in [6.07, 6.45) is 2.64. The zero-order valence-electron chi connectivity index (χ0n) is 9.93. The summed E-state index contributed by atoms with van der Waals surface area (Å²) < 4.78 is 5.03. The van der Waals surface area contributed by atoms with Gasteiger partial charge in [0.1, 0.15) is 5.60 Å². The molecular weight excluding hydrogens is 194 g/mol. The van der Waals surface area contributed by atoms with Gasteiger partial charge in [0.2, 0.25) is 0 Å². The number of hydrazine groups is 1. The molecule has 0 heterocycles. The van der Waals surface area contributed by atoms with Crippen molar-refractivity contribution in [2.45, 2.75) is 45.6 Å². The van der Waals surface area contributed by atoms with Gasteiger partial charge in [-0.2, -0.15) is 0 Å². The van der Waals surface area contributed by atoms with Crippen molar-refractivity contribution < 1.29 is 9.53 Å². The topological polar surface area (TPSA) is 76.4 Å². The third kappa shape index (κ3) is 11.1. The SMILES string of the molecule is CC(C)(C)OC(=O)NNCCCCCN. The number of carbonyl (C=O) groups is 1. The monoisotopic (exact) mass is 217 g/mol. The molecule has 0 aliphatic carbocycles. The van der Waals surface area contributed by atoms with E-state index in [2.05, 4.69) is 10.9 Å². The fourth-order valence-corrected chi connectivity index (χ4v) is 0.973. The number of nitrogens with two attached hydrogens (primary N) is 1. The van der Waals surface area contributed by atoms with Crippen LogP contribution in [-0.4, -0.2) is 24.8 Å². The Hall–Kier alpha value is -0.810. The van der Waals surface area contributed by atoms with Crippen molar-refractivity contribution in [1.29, 1.82) is 0 Å². The van der Waals surface area contributed by atoms with Gasteiger partial charge in [0.15, 0.2) is 0 Å². The summed E-state index contributed by atoms with van der Waals surface area (Å²) in [5, 5.41) is 0. The Labute approximate surface area is 91.7 Å². The molecule has 0 aliphatic heterocycles. The molecule has 0 aliphatic rings. The van der Waals surface area contributed by atoms with E-state index in [9.17, 15) is 4.79 Å². The van der Waals surface area contributed by atoms with Gasteiger partial charge < -0.3 is 10.5 Å². The van der Waals surface area contributed by atoms with Crippen LogP contribution in [0.25, 0.3) is 0 Å². The molecule has 0 unspecified atom stereocenters. The average molecular weight is 217 g/mol. The molecule has 15 heavy (non-hydrogen) atoms. The molecule has 0 fully saturated rings. The Morgan fingerprint density at radius 2 is 1.93 bits per heavy atom. The van der Waals surface area contributed by atoms with Crippen molar-refractivity contribution in [1.82, 2.24) is 10.9 Å². The summed E-state index contributed by atoms with van der Waals surface area (Å²) in [7, 11) is 0. The zero-order chi connectivity index (χ0) is 11.7. The summed E-state index contributed by atoms with van der Waals surface area (Å²) in [5.41, 5.74) is 10.2. The Morgan fingerprint density at radius 3 is 2.47 bits per heavy atom. The largest absolute Gasteiger partial charge is 0.443 e. The van der Waals surface area contributed by atoms with Crippen LogP contribution >= 0.6 is 0 Å². The molecule has 5 nitrogen and oxygen atoms in total. The first kappa shape index (κ1) is 14.2. The third-order valence-corrected chi connectivity index (χ3v) is 1.60. The lowest BCUT2D eigenvalue weighted by Crippen LogP contribution is -2.41. The minimum Gasteiger partial charge on any atom is -0.443 e. The van der Waals surface area contributed by atoms with Crippen molar-refractivity contribution in [3.63, 3.8) is 0 Å². The molecule has 5 heteroatoms. The van der Waals surface area contributed by atoms with Gasteiger partial charge in [-0.3, -0.25) is 5.43 Å². The lowest BCUT2D eigenvalue weighted by Gasteiger charge is -2.19. The fourth-order valence-electron chi connectivity index (χ4n) is 0.973. The minimum atomic E-state index is -0.453. The second kappa shape index (κ2) is 7.48. The van der Waals surface area contributed by atoms with Gasteiger partial charge in [-0.25, -0.2) is 10.2 Å². The molecule has 0 atom stereocenters. The van der Waals surface area contributed by atoms with E-state index in [0.29, 0.717) is 0 Å².